The van der Waals surface area contributed by atoms with Gasteiger partial charge in [-0.1, -0.05) is 56.8 Å². The lowest BCUT2D eigenvalue weighted by molar-refractivity contribution is -0.140. The topological polar surface area (TPSA) is 67.9 Å². The number of halogens is 1. The van der Waals surface area contributed by atoms with E-state index in [0.717, 1.165) is 44.5 Å². The number of likely N-dealkylation sites (N-methyl/N-ethyl adjacent to an activating group) is 1. The van der Waals surface area contributed by atoms with Crippen LogP contribution in [0.1, 0.15) is 57.9 Å². The molecule has 3 rings (SSSR count). The minimum absolute atomic E-state index is 0.00905. The largest absolute Gasteiger partial charge is 0.335 e. The standard InChI is InChI=1S/C27H44ClN5O2/c1-20(2)27(35)33(23-8-6-5-7-9-23)24-14-16-32(19-24)30-26(34)25(29-15-17-31(3)4)18-21-10-12-22(28)13-11-21/h10-13,20,23-25,29H,5-9,14-19H2,1-4H3,(H,30,34)/t24-,25+/m0/s1. The third-order valence-corrected chi connectivity index (χ3v) is 7.41. The van der Waals surface area contributed by atoms with Gasteiger partial charge >= 0.3 is 0 Å². The van der Waals surface area contributed by atoms with Crippen LogP contribution < -0.4 is 10.7 Å². The lowest BCUT2D eigenvalue weighted by Crippen LogP contribution is -2.54. The molecule has 2 atom stereocenters. The van der Waals surface area contributed by atoms with Gasteiger partial charge in [-0.2, -0.15) is 0 Å². The molecule has 2 N–H and O–H groups in total. The normalized spacial score (nSPS) is 20.4. The maximum absolute atomic E-state index is 13.3. The number of hydrogen-bond donors (Lipinski definition) is 2. The van der Waals surface area contributed by atoms with Crippen molar-refractivity contribution in [3.8, 4) is 0 Å². The van der Waals surface area contributed by atoms with Crippen molar-refractivity contribution in [2.24, 2.45) is 5.92 Å². The third-order valence-electron chi connectivity index (χ3n) is 7.16. The van der Waals surface area contributed by atoms with Gasteiger partial charge in [0, 0.05) is 49.2 Å². The molecule has 1 aromatic rings. The number of hydrogen-bond acceptors (Lipinski definition) is 5. The molecule has 0 spiro atoms. The summed E-state index contributed by atoms with van der Waals surface area (Å²) in [5, 5.41) is 6.13. The van der Waals surface area contributed by atoms with Crippen molar-refractivity contribution < 1.29 is 9.59 Å². The Balaban J connectivity index is 1.63. The van der Waals surface area contributed by atoms with E-state index in [1.165, 1.54) is 19.3 Å². The van der Waals surface area contributed by atoms with Gasteiger partial charge in [0.15, 0.2) is 0 Å². The summed E-state index contributed by atoms with van der Waals surface area (Å²) in [4.78, 5) is 30.8. The highest BCUT2D eigenvalue weighted by Crippen LogP contribution is 2.28. The summed E-state index contributed by atoms with van der Waals surface area (Å²) >= 11 is 6.04. The highest BCUT2D eigenvalue weighted by Gasteiger charge is 2.37. The Morgan fingerprint density at radius 2 is 1.74 bits per heavy atom. The number of rotatable bonds is 11. The van der Waals surface area contributed by atoms with E-state index in [-0.39, 0.29) is 29.8 Å². The molecule has 2 amide bonds. The van der Waals surface area contributed by atoms with Gasteiger partial charge in [0.25, 0.3) is 5.91 Å². The Bertz CT molecular complexity index is 810. The number of nitrogens with one attached hydrogen (secondary N) is 2. The van der Waals surface area contributed by atoms with E-state index >= 15 is 0 Å². The molecule has 0 radical (unpaired) electrons. The van der Waals surface area contributed by atoms with Gasteiger partial charge in [-0.05, 0) is 57.5 Å². The molecule has 196 valence electrons. The molecule has 0 unspecified atom stereocenters. The van der Waals surface area contributed by atoms with Crippen molar-refractivity contribution in [2.45, 2.75) is 76.9 Å². The van der Waals surface area contributed by atoms with E-state index in [9.17, 15) is 9.59 Å². The maximum Gasteiger partial charge on any atom is 0.251 e. The summed E-state index contributed by atoms with van der Waals surface area (Å²) in [6.07, 6.45) is 7.34. The Hall–Kier alpha value is -1.67. The van der Waals surface area contributed by atoms with Crippen LogP contribution in [0.2, 0.25) is 5.02 Å². The molecular weight excluding hydrogens is 462 g/mol. The third kappa shape index (κ3) is 8.45. The van der Waals surface area contributed by atoms with E-state index in [1.807, 2.05) is 57.2 Å². The summed E-state index contributed by atoms with van der Waals surface area (Å²) in [6.45, 7) is 7.01. The Morgan fingerprint density at radius 3 is 2.37 bits per heavy atom. The molecule has 0 aromatic heterocycles. The molecule has 1 heterocycles. The predicted molar refractivity (Wildman–Crippen MR) is 142 cm³/mol. The maximum atomic E-state index is 13.3. The van der Waals surface area contributed by atoms with Crippen LogP contribution in [0.15, 0.2) is 24.3 Å². The summed E-state index contributed by atoms with van der Waals surface area (Å²) in [6, 6.07) is 7.82. The summed E-state index contributed by atoms with van der Waals surface area (Å²) < 4.78 is 0. The van der Waals surface area contributed by atoms with Gasteiger partial charge in [-0.25, -0.2) is 5.01 Å². The van der Waals surface area contributed by atoms with Gasteiger partial charge < -0.3 is 15.1 Å². The number of carbonyl (C=O) groups is 2. The summed E-state index contributed by atoms with van der Waals surface area (Å²) in [5.74, 6) is 0.213. The van der Waals surface area contributed by atoms with Gasteiger partial charge in [-0.15, -0.1) is 0 Å². The fourth-order valence-electron chi connectivity index (χ4n) is 5.20. The van der Waals surface area contributed by atoms with Crippen molar-refractivity contribution in [2.75, 3.05) is 40.3 Å². The Morgan fingerprint density at radius 1 is 1.06 bits per heavy atom. The number of amides is 2. The van der Waals surface area contributed by atoms with E-state index in [4.69, 9.17) is 11.6 Å². The van der Waals surface area contributed by atoms with Crippen LogP contribution in [0.3, 0.4) is 0 Å². The van der Waals surface area contributed by atoms with E-state index in [2.05, 4.69) is 20.5 Å². The van der Waals surface area contributed by atoms with Crippen LogP contribution in [0, 0.1) is 5.92 Å². The van der Waals surface area contributed by atoms with Crippen molar-refractivity contribution in [3.05, 3.63) is 34.9 Å². The minimum Gasteiger partial charge on any atom is -0.335 e. The smallest absolute Gasteiger partial charge is 0.251 e. The first-order valence-electron chi connectivity index (χ1n) is 13.2. The van der Waals surface area contributed by atoms with Gasteiger partial charge in [0.2, 0.25) is 5.91 Å². The molecule has 8 heteroatoms. The zero-order valence-corrected chi connectivity index (χ0v) is 22.7. The molecule has 35 heavy (non-hydrogen) atoms. The number of hydrazine groups is 1. The number of carbonyl (C=O) groups excluding carboxylic acids is 2. The highest BCUT2D eigenvalue weighted by molar-refractivity contribution is 6.30. The Kier molecular flexibility index (Phi) is 10.8. The van der Waals surface area contributed by atoms with E-state index in [0.29, 0.717) is 24.0 Å². The van der Waals surface area contributed by atoms with Crippen LogP contribution in [0.4, 0.5) is 0 Å². The molecule has 1 saturated carbocycles. The second-order valence-corrected chi connectivity index (χ2v) is 11.1. The van der Waals surface area contributed by atoms with Crippen LogP contribution in [-0.4, -0.2) is 85.0 Å². The molecule has 1 saturated heterocycles. The minimum atomic E-state index is -0.345. The first-order valence-corrected chi connectivity index (χ1v) is 13.6. The number of nitrogens with zero attached hydrogens (tertiary/aromatic N) is 3. The van der Waals surface area contributed by atoms with Crippen molar-refractivity contribution in [3.63, 3.8) is 0 Å². The summed E-state index contributed by atoms with van der Waals surface area (Å²) in [7, 11) is 4.05. The second kappa shape index (κ2) is 13.6. The fourth-order valence-corrected chi connectivity index (χ4v) is 5.32. The summed E-state index contributed by atoms with van der Waals surface area (Å²) in [5.41, 5.74) is 4.23. The first-order chi connectivity index (χ1) is 16.7. The Labute approximate surface area is 216 Å². The average molecular weight is 506 g/mol. The lowest BCUT2D eigenvalue weighted by Gasteiger charge is -2.39. The molecule has 1 aliphatic carbocycles. The monoisotopic (exact) mass is 505 g/mol. The van der Waals surface area contributed by atoms with Gasteiger partial charge in [0.1, 0.15) is 0 Å². The van der Waals surface area contributed by atoms with Crippen LogP contribution in [-0.2, 0) is 16.0 Å². The second-order valence-electron chi connectivity index (χ2n) is 10.7. The molecular formula is C27H44ClN5O2. The molecule has 7 nitrogen and oxygen atoms in total. The molecule has 1 aliphatic heterocycles. The first kappa shape index (κ1) is 27.9. The zero-order valence-electron chi connectivity index (χ0n) is 21.9. The molecule has 0 bridgehead atoms. The molecule has 2 fully saturated rings. The fraction of sp³-hybridized carbons (Fsp3) is 0.704. The lowest BCUT2D eigenvalue weighted by atomic mass is 9.92. The highest BCUT2D eigenvalue weighted by atomic mass is 35.5. The van der Waals surface area contributed by atoms with Gasteiger partial charge in [-0.3, -0.25) is 15.0 Å². The van der Waals surface area contributed by atoms with Crippen LogP contribution in [0.25, 0.3) is 0 Å². The van der Waals surface area contributed by atoms with Crippen molar-refractivity contribution in [1.29, 1.82) is 0 Å². The number of benzene rings is 1. The SMILES string of the molecule is CC(C)C(=O)N(C1CCCCC1)[C@H]1CCN(NC(=O)[C@@H](Cc2ccc(Cl)cc2)NCCN(C)C)C1. The predicted octanol–water partition coefficient (Wildman–Crippen LogP) is 3.33. The van der Waals surface area contributed by atoms with Crippen molar-refractivity contribution >= 4 is 23.4 Å². The van der Waals surface area contributed by atoms with Crippen molar-refractivity contribution in [1.82, 2.24) is 25.6 Å². The van der Waals surface area contributed by atoms with Crippen LogP contribution in [0.5, 0.6) is 0 Å². The van der Waals surface area contributed by atoms with E-state index < -0.39 is 0 Å². The van der Waals surface area contributed by atoms with Gasteiger partial charge in [0.05, 0.1) is 6.04 Å². The van der Waals surface area contributed by atoms with Crippen LogP contribution >= 0.6 is 11.6 Å². The molecule has 2 aliphatic rings. The van der Waals surface area contributed by atoms with E-state index in [1.54, 1.807) is 0 Å². The quantitative estimate of drug-likeness (QED) is 0.483. The average Bonchev–Trinajstić information content (AvgIpc) is 3.28. The zero-order chi connectivity index (χ0) is 25.4. The molecule has 1 aromatic carbocycles.